The number of hydrogen-bond donors (Lipinski definition) is 4. The SMILES string of the molecule is COc1cc(C(=O)NC(C)C(=O)N2CCC[C@H]2C(=O)NC(C=O)CC(=O)O)cc(Cl)c1O. The number of carboxylic acids is 1. The highest BCUT2D eigenvalue weighted by atomic mass is 35.5. The van der Waals surface area contributed by atoms with E-state index in [1.165, 1.54) is 31.1 Å². The highest BCUT2D eigenvalue weighted by Gasteiger charge is 2.37. The number of benzene rings is 1. The van der Waals surface area contributed by atoms with Crippen LogP contribution in [-0.2, 0) is 19.2 Å². The fourth-order valence-corrected chi connectivity index (χ4v) is 3.56. The predicted molar refractivity (Wildman–Crippen MR) is 112 cm³/mol. The Hall–Kier alpha value is -3.34. The Labute approximate surface area is 188 Å². The number of likely N-dealkylation sites (tertiary alicyclic amines) is 1. The van der Waals surface area contributed by atoms with Gasteiger partial charge < -0.3 is 35.3 Å². The number of nitrogens with one attached hydrogen (secondary N) is 2. The van der Waals surface area contributed by atoms with Crippen LogP contribution >= 0.6 is 11.6 Å². The molecule has 0 aliphatic carbocycles. The Balaban J connectivity index is 2.07. The Bertz CT molecular complexity index is 922. The number of hydrogen-bond acceptors (Lipinski definition) is 7. The molecular formula is C20H24ClN3O8. The molecule has 0 spiro atoms. The van der Waals surface area contributed by atoms with Gasteiger partial charge in [0.2, 0.25) is 11.8 Å². The molecule has 3 amide bonds. The minimum atomic E-state index is -1.25. The number of amides is 3. The molecule has 11 nitrogen and oxygen atoms in total. The molecule has 1 aliphatic heterocycles. The molecular weight excluding hydrogens is 446 g/mol. The van der Waals surface area contributed by atoms with Crippen molar-refractivity contribution in [3.8, 4) is 11.5 Å². The van der Waals surface area contributed by atoms with Crippen LogP contribution < -0.4 is 15.4 Å². The van der Waals surface area contributed by atoms with E-state index < -0.39 is 48.2 Å². The molecule has 0 saturated carbocycles. The maximum atomic E-state index is 12.9. The zero-order chi connectivity index (χ0) is 24.0. The first-order valence-corrected chi connectivity index (χ1v) is 10.1. The van der Waals surface area contributed by atoms with E-state index in [4.69, 9.17) is 21.4 Å². The van der Waals surface area contributed by atoms with E-state index in [1.807, 2.05) is 0 Å². The number of aldehydes is 1. The summed E-state index contributed by atoms with van der Waals surface area (Å²) in [4.78, 5) is 61.1. The monoisotopic (exact) mass is 469 g/mol. The quantitative estimate of drug-likeness (QED) is 0.376. The number of ether oxygens (including phenoxy) is 1. The average molecular weight is 470 g/mol. The maximum Gasteiger partial charge on any atom is 0.305 e. The number of carboxylic acid groups (broad SMARTS) is 1. The molecule has 12 heteroatoms. The number of phenols is 1. The Morgan fingerprint density at radius 2 is 2.00 bits per heavy atom. The van der Waals surface area contributed by atoms with Gasteiger partial charge in [0.25, 0.3) is 5.91 Å². The summed E-state index contributed by atoms with van der Waals surface area (Å²) in [6.45, 7) is 1.71. The molecule has 1 fully saturated rings. The van der Waals surface area contributed by atoms with Crippen LogP contribution in [0.25, 0.3) is 0 Å². The van der Waals surface area contributed by atoms with Crippen LogP contribution in [0.15, 0.2) is 12.1 Å². The number of carbonyl (C=O) groups is 5. The third kappa shape index (κ3) is 5.88. The Morgan fingerprint density at radius 3 is 2.59 bits per heavy atom. The third-order valence-corrected chi connectivity index (χ3v) is 5.24. The van der Waals surface area contributed by atoms with Crippen LogP contribution in [0.4, 0.5) is 0 Å². The first-order chi connectivity index (χ1) is 15.1. The highest BCUT2D eigenvalue weighted by molar-refractivity contribution is 6.32. The van der Waals surface area contributed by atoms with Crippen LogP contribution in [-0.4, -0.2) is 76.9 Å². The van der Waals surface area contributed by atoms with Crippen molar-refractivity contribution in [3.05, 3.63) is 22.7 Å². The fraction of sp³-hybridized carbons (Fsp3) is 0.450. The van der Waals surface area contributed by atoms with E-state index in [0.717, 1.165) is 0 Å². The van der Waals surface area contributed by atoms with Crippen LogP contribution in [0.1, 0.15) is 36.5 Å². The fourth-order valence-electron chi connectivity index (χ4n) is 3.35. The molecule has 2 unspecified atom stereocenters. The number of rotatable bonds is 9. The number of methoxy groups -OCH3 is 1. The summed E-state index contributed by atoms with van der Waals surface area (Å²) in [5.41, 5.74) is 0.0579. The second-order valence-electron chi connectivity index (χ2n) is 7.24. The van der Waals surface area contributed by atoms with Gasteiger partial charge in [-0.15, -0.1) is 0 Å². The molecule has 1 aromatic rings. The lowest BCUT2D eigenvalue weighted by molar-refractivity contribution is -0.141. The first-order valence-electron chi connectivity index (χ1n) is 9.74. The van der Waals surface area contributed by atoms with E-state index in [-0.39, 0.29) is 28.6 Å². The summed E-state index contributed by atoms with van der Waals surface area (Å²) in [5.74, 6) is -3.38. The highest BCUT2D eigenvalue weighted by Crippen LogP contribution is 2.34. The van der Waals surface area contributed by atoms with Gasteiger partial charge in [-0.05, 0) is 31.9 Å². The second-order valence-corrected chi connectivity index (χ2v) is 7.65. The van der Waals surface area contributed by atoms with Crippen molar-refractivity contribution in [1.29, 1.82) is 0 Å². The zero-order valence-electron chi connectivity index (χ0n) is 17.5. The summed E-state index contributed by atoms with van der Waals surface area (Å²) in [5, 5.41) is 23.3. The maximum absolute atomic E-state index is 12.9. The number of carbonyl (C=O) groups excluding carboxylic acids is 4. The average Bonchev–Trinajstić information content (AvgIpc) is 3.23. The zero-order valence-corrected chi connectivity index (χ0v) is 18.2. The van der Waals surface area contributed by atoms with Crippen molar-refractivity contribution in [2.75, 3.05) is 13.7 Å². The molecule has 1 aliphatic rings. The van der Waals surface area contributed by atoms with Gasteiger partial charge >= 0.3 is 5.97 Å². The first kappa shape index (κ1) is 24.9. The van der Waals surface area contributed by atoms with Gasteiger partial charge in [0.1, 0.15) is 18.4 Å². The van der Waals surface area contributed by atoms with Crippen LogP contribution in [0.2, 0.25) is 5.02 Å². The van der Waals surface area contributed by atoms with Gasteiger partial charge in [-0.25, -0.2) is 0 Å². The van der Waals surface area contributed by atoms with Gasteiger partial charge in [0, 0.05) is 12.1 Å². The van der Waals surface area contributed by atoms with Gasteiger partial charge in [-0.3, -0.25) is 19.2 Å². The lowest BCUT2D eigenvalue weighted by Gasteiger charge is -2.27. The lowest BCUT2D eigenvalue weighted by atomic mass is 10.1. The van der Waals surface area contributed by atoms with Crippen LogP contribution in [0.3, 0.4) is 0 Å². The van der Waals surface area contributed by atoms with Gasteiger partial charge in [0.15, 0.2) is 11.5 Å². The van der Waals surface area contributed by atoms with Crippen molar-refractivity contribution < 1.29 is 38.9 Å². The minimum absolute atomic E-state index is 0.0102. The Morgan fingerprint density at radius 1 is 1.31 bits per heavy atom. The standard InChI is InChI=1S/C20H24ClN3O8/c1-10(22-18(29)11-6-13(21)17(28)15(7-11)32-2)20(31)24-5-3-4-14(24)19(30)23-12(9-25)8-16(26)27/h6-7,9-10,12,14,28H,3-5,8H2,1-2H3,(H,22,29)(H,23,30)(H,26,27)/t10?,12?,14-/m0/s1. The molecule has 174 valence electrons. The molecule has 1 heterocycles. The molecule has 3 atom stereocenters. The van der Waals surface area contributed by atoms with E-state index in [9.17, 15) is 29.1 Å². The van der Waals surface area contributed by atoms with Gasteiger partial charge in [-0.1, -0.05) is 11.6 Å². The largest absolute Gasteiger partial charge is 0.503 e. The van der Waals surface area contributed by atoms with E-state index in [2.05, 4.69) is 10.6 Å². The topological polar surface area (TPSA) is 162 Å². The molecule has 0 radical (unpaired) electrons. The smallest absolute Gasteiger partial charge is 0.305 e. The summed E-state index contributed by atoms with van der Waals surface area (Å²) in [6, 6.07) is -0.609. The summed E-state index contributed by atoms with van der Waals surface area (Å²) in [7, 11) is 1.30. The number of aliphatic carboxylic acids is 1. The van der Waals surface area contributed by atoms with Crippen LogP contribution in [0.5, 0.6) is 11.5 Å². The predicted octanol–water partition coefficient (Wildman–Crippen LogP) is 0.322. The van der Waals surface area contributed by atoms with Crippen molar-refractivity contribution in [1.82, 2.24) is 15.5 Å². The van der Waals surface area contributed by atoms with E-state index >= 15 is 0 Å². The number of phenolic OH excluding ortho intramolecular Hbond substituents is 1. The molecule has 32 heavy (non-hydrogen) atoms. The second kappa shape index (κ2) is 10.8. The van der Waals surface area contributed by atoms with Gasteiger partial charge in [0.05, 0.1) is 24.6 Å². The van der Waals surface area contributed by atoms with Crippen molar-refractivity contribution in [3.63, 3.8) is 0 Å². The number of nitrogens with zero attached hydrogens (tertiary/aromatic N) is 1. The molecule has 1 aromatic carbocycles. The van der Waals surface area contributed by atoms with Crippen molar-refractivity contribution in [2.24, 2.45) is 0 Å². The molecule has 4 N–H and O–H groups in total. The van der Waals surface area contributed by atoms with Crippen molar-refractivity contribution in [2.45, 2.75) is 44.3 Å². The summed E-state index contributed by atoms with van der Waals surface area (Å²) >= 11 is 5.89. The van der Waals surface area contributed by atoms with Gasteiger partial charge in [-0.2, -0.15) is 0 Å². The third-order valence-electron chi connectivity index (χ3n) is 4.95. The summed E-state index contributed by atoms with van der Waals surface area (Å²) in [6.07, 6.45) is 0.621. The molecule has 0 bridgehead atoms. The lowest BCUT2D eigenvalue weighted by Crippen LogP contribution is -2.54. The normalized spacial score (nSPS) is 17.2. The Kier molecular flexibility index (Phi) is 8.41. The van der Waals surface area contributed by atoms with Crippen molar-refractivity contribution >= 4 is 41.6 Å². The minimum Gasteiger partial charge on any atom is -0.503 e. The molecule has 1 saturated heterocycles. The van der Waals surface area contributed by atoms with Crippen LogP contribution in [0, 0.1) is 0 Å². The number of aromatic hydroxyl groups is 1. The molecule has 2 rings (SSSR count). The molecule has 0 aromatic heterocycles. The summed E-state index contributed by atoms with van der Waals surface area (Å²) < 4.78 is 4.96. The number of halogens is 1. The van der Waals surface area contributed by atoms with E-state index in [1.54, 1.807) is 0 Å². The van der Waals surface area contributed by atoms with E-state index in [0.29, 0.717) is 19.1 Å².